The highest BCUT2D eigenvalue weighted by Gasteiger charge is 2.23. The Morgan fingerprint density at radius 3 is 2.37 bits per heavy atom. The Morgan fingerprint density at radius 1 is 1.04 bits per heavy atom. The molecule has 1 unspecified atom stereocenters. The number of rotatable bonds is 6. The van der Waals surface area contributed by atoms with Crippen LogP contribution in [0, 0.1) is 5.82 Å². The van der Waals surface area contributed by atoms with Crippen LogP contribution in [0.1, 0.15) is 10.4 Å². The standard InChI is InChI=1S/C21H22FN3O2/c1-24(2)19(27)13-25(3)12-18(26)20-16-6-4-5-7-17(16)23-21(20)14-8-10-15(22)11-9-14/h4-11,23H,12-13H2,1-3H3/p+1. The molecule has 27 heavy (non-hydrogen) atoms. The van der Waals surface area contributed by atoms with Crippen molar-refractivity contribution in [3.8, 4) is 11.3 Å². The third kappa shape index (κ3) is 4.06. The van der Waals surface area contributed by atoms with Crippen LogP contribution in [-0.4, -0.2) is 55.8 Å². The second-order valence-corrected chi connectivity index (χ2v) is 6.95. The number of para-hydroxylation sites is 1. The lowest BCUT2D eigenvalue weighted by molar-refractivity contribution is -0.862. The fourth-order valence-electron chi connectivity index (χ4n) is 3.11. The number of amides is 1. The van der Waals surface area contributed by atoms with Crippen molar-refractivity contribution in [1.29, 1.82) is 0 Å². The predicted octanol–water partition coefficient (Wildman–Crippen LogP) is 1.76. The number of ketones is 1. The molecule has 0 fully saturated rings. The molecule has 0 aliphatic carbocycles. The zero-order valence-electron chi connectivity index (χ0n) is 15.7. The molecule has 0 radical (unpaired) electrons. The first-order chi connectivity index (χ1) is 12.9. The normalized spacial score (nSPS) is 12.1. The quantitative estimate of drug-likeness (QED) is 0.652. The molecule has 0 aliphatic heterocycles. The summed E-state index contributed by atoms with van der Waals surface area (Å²) in [5, 5.41) is 0.827. The third-order valence-electron chi connectivity index (χ3n) is 4.53. The summed E-state index contributed by atoms with van der Waals surface area (Å²) in [4.78, 5) is 30.6. The van der Waals surface area contributed by atoms with Gasteiger partial charge >= 0.3 is 0 Å². The molecule has 2 N–H and O–H groups in total. The molecule has 1 aromatic heterocycles. The summed E-state index contributed by atoms with van der Waals surface area (Å²) >= 11 is 0. The van der Waals surface area contributed by atoms with Gasteiger partial charge in [-0.05, 0) is 35.9 Å². The van der Waals surface area contributed by atoms with Gasteiger partial charge in [0.15, 0.2) is 6.54 Å². The van der Waals surface area contributed by atoms with E-state index in [-0.39, 0.29) is 30.6 Å². The summed E-state index contributed by atoms with van der Waals surface area (Å²) in [7, 11) is 5.22. The van der Waals surface area contributed by atoms with Gasteiger partial charge in [0.2, 0.25) is 5.78 Å². The Balaban J connectivity index is 1.97. The van der Waals surface area contributed by atoms with E-state index in [1.807, 2.05) is 31.3 Å². The monoisotopic (exact) mass is 368 g/mol. The van der Waals surface area contributed by atoms with Crippen molar-refractivity contribution in [2.75, 3.05) is 34.2 Å². The summed E-state index contributed by atoms with van der Waals surface area (Å²) in [5.41, 5.74) is 2.85. The highest BCUT2D eigenvalue weighted by molar-refractivity contribution is 6.13. The number of halogens is 1. The van der Waals surface area contributed by atoms with E-state index in [0.717, 1.165) is 21.4 Å². The molecule has 3 aromatic rings. The Bertz CT molecular complexity index is 977. The van der Waals surface area contributed by atoms with Crippen molar-refractivity contribution in [1.82, 2.24) is 9.88 Å². The largest absolute Gasteiger partial charge is 0.354 e. The second kappa shape index (κ2) is 7.72. The minimum Gasteiger partial charge on any atom is -0.354 e. The fourth-order valence-corrected chi connectivity index (χ4v) is 3.11. The van der Waals surface area contributed by atoms with E-state index in [4.69, 9.17) is 0 Å². The minimum atomic E-state index is -0.325. The maximum absolute atomic E-state index is 13.3. The SMILES string of the molecule is CN(C)C(=O)C[NH+](C)CC(=O)c1c(-c2ccc(F)cc2)[nH]c2ccccc12. The van der Waals surface area contributed by atoms with Crippen molar-refractivity contribution in [2.24, 2.45) is 0 Å². The number of hydrogen-bond acceptors (Lipinski definition) is 2. The number of H-pyrrole nitrogens is 1. The lowest BCUT2D eigenvalue weighted by atomic mass is 10.0. The average molecular weight is 368 g/mol. The van der Waals surface area contributed by atoms with Crippen molar-refractivity contribution >= 4 is 22.6 Å². The van der Waals surface area contributed by atoms with Gasteiger partial charge < -0.3 is 14.8 Å². The summed E-state index contributed by atoms with van der Waals surface area (Å²) in [6.45, 7) is 0.433. The zero-order valence-corrected chi connectivity index (χ0v) is 15.7. The fraction of sp³-hybridized carbons (Fsp3) is 0.238. The number of aromatic amines is 1. The molecule has 3 rings (SSSR count). The van der Waals surface area contributed by atoms with E-state index in [2.05, 4.69) is 4.98 Å². The van der Waals surface area contributed by atoms with Crippen LogP contribution in [0.2, 0.25) is 0 Å². The molecule has 1 amide bonds. The van der Waals surface area contributed by atoms with E-state index < -0.39 is 0 Å². The van der Waals surface area contributed by atoms with Crippen LogP contribution in [0.25, 0.3) is 22.2 Å². The van der Waals surface area contributed by atoms with E-state index in [0.29, 0.717) is 11.3 Å². The summed E-state index contributed by atoms with van der Waals surface area (Å²) < 4.78 is 13.3. The number of nitrogens with one attached hydrogen (secondary N) is 2. The summed E-state index contributed by atoms with van der Waals surface area (Å²) in [6.07, 6.45) is 0. The Hall–Kier alpha value is -2.99. The lowest BCUT2D eigenvalue weighted by Gasteiger charge is -2.16. The van der Waals surface area contributed by atoms with Crippen LogP contribution in [0.3, 0.4) is 0 Å². The van der Waals surface area contributed by atoms with E-state index >= 15 is 0 Å². The smallest absolute Gasteiger partial charge is 0.277 e. The average Bonchev–Trinajstić information content (AvgIpc) is 3.01. The molecule has 0 saturated heterocycles. The third-order valence-corrected chi connectivity index (χ3v) is 4.53. The number of carbonyl (C=O) groups excluding carboxylic acids is 2. The van der Waals surface area contributed by atoms with Crippen LogP contribution < -0.4 is 4.90 Å². The molecule has 0 saturated carbocycles. The van der Waals surface area contributed by atoms with Gasteiger partial charge in [-0.1, -0.05) is 18.2 Å². The van der Waals surface area contributed by atoms with Crippen LogP contribution in [0.15, 0.2) is 48.5 Å². The lowest BCUT2D eigenvalue weighted by Crippen LogP contribution is -3.11. The van der Waals surface area contributed by atoms with E-state index in [9.17, 15) is 14.0 Å². The molecular weight excluding hydrogens is 345 g/mol. The zero-order chi connectivity index (χ0) is 19.6. The van der Waals surface area contributed by atoms with Gasteiger partial charge in [-0.15, -0.1) is 0 Å². The molecule has 0 aliphatic rings. The minimum absolute atomic E-state index is 0.0296. The summed E-state index contributed by atoms with van der Waals surface area (Å²) in [6, 6.07) is 13.6. The van der Waals surface area contributed by atoms with Crippen LogP contribution >= 0.6 is 0 Å². The number of aromatic nitrogens is 1. The highest BCUT2D eigenvalue weighted by Crippen LogP contribution is 2.30. The number of nitrogens with zero attached hydrogens (tertiary/aromatic N) is 1. The number of carbonyl (C=O) groups is 2. The van der Waals surface area contributed by atoms with Crippen LogP contribution in [-0.2, 0) is 4.79 Å². The van der Waals surface area contributed by atoms with Gasteiger partial charge in [-0.3, -0.25) is 9.59 Å². The molecule has 6 heteroatoms. The predicted molar refractivity (Wildman–Crippen MR) is 103 cm³/mol. The Labute approximate surface area is 157 Å². The molecule has 140 valence electrons. The first-order valence-corrected chi connectivity index (χ1v) is 8.78. The number of Topliss-reactive ketones (excluding diaryl/α,β-unsaturated/α-hetero) is 1. The second-order valence-electron chi connectivity index (χ2n) is 6.95. The van der Waals surface area contributed by atoms with Gasteiger partial charge in [0.05, 0.1) is 18.3 Å². The molecular formula is C21H23FN3O2+. The Kier molecular flexibility index (Phi) is 5.37. The molecule has 2 aromatic carbocycles. The van der Waals surface area contributed by atoms with Crippen LogP contribution in [0.5, 0.6) is 0 Å². The number of quaternary nitrogens is 1. The Morgan fingerprint density at radius 2 is 1.70 bits per heavy atom. The van der Waals surface area contributed by atoms with Gasteiger partial charge in [0, 0.05) is 25.0 Å². The van der Waals surface area contributed by atoms with Crippen molar-refractivity contribution < 1.29 is 18.9 Å². The van der Waals surface area contributed by atoms with E-state index in [1.165, 1.54) is 17.0 Å². The van der Waals surface area contributed by atoms with Gasteiger partial charge in [-0.2, -0.15) is 0 Å². The number of hydrogen-bond donors (Lipinski definition) is 2. The maximum atomic E-state index is 13.3. The van der Waals surface area contributed by atoms with Gasteiger partial charge in [0.1, 0.15) is 12.4 Å². The van der Waals surface area contributed by atoms with Crippen molar-refractivity contribution in [2.45, 2.75) is 0 Å². The number of likely N-dealkylation sites (N-methyl/N-ethyl adjacent to an activating group) is 2. The molecule has 0 bridgehead atoms. The van der Waals surface area contributed by atoms with Crippen molar-refractivity contribution in [3.63, 3.8) is 0 Å². The number of fused-ring (bicyclic) bond motifs is 1. The maximum Gasteiger partial charge on any atom is 0.277 e. The van der Waals surface area contributed by atoms with Crippen LogP contribution in [0.4, 0.5) is 4.39 Å². The first-order valence-electron chi connectivity index (χ1n) is 8.78. The highest BCUT2D eigenvalue weighted by atomic mass is 19.1. The molecule has 1 heterocycles. The number of benzene rings is 2. The van der Waals surface area contributed by atoms with Crippen molar-refractivity contribution in [3.05, 3.63) is 59.9 Å². The first kappa shape index (κ1) is 18.8. The summed E-state index contributed by atoms with van der Waals surface area (Å²) in [5.74, 6) is -0.414. The topological polar surface area (TPSA) is 57.6 Å². The van der Waals surface area contributed by atoms with E-state index in [1.54, 1.807) is 26.2 Å². The molecule has 1 atom stereocenters. The molecule has 0 spiro atoms. The van der Waals surface area contributed by atoms with Gasteiger partial charge in [-0.25, -0.2) is 4.39 Å². The molecule has 5 nitrogen and oxygen atoms in total. The van der Waals surface area contributed by atoms with Gasteiger partial charge in [0.25, 0.3) is 5.91 Å².